The fourth-order valence-corrected chi connectivity index (χ4v) is 4.29. The normalized spacial score (nSPS) is 16.9. The van der Waals surface area contributed by atoms with E-state index in [0.29, 0.717) is 36.5 Å². The van der Waals surface area contributed by atoms with Crippen LogP contribution in [0.2, 0.25) is 0 Å². The molecule has 1 saturated heterocycles. The van der Waals surface area contributed by atoms with Gasteiger partial charge in [0, 0.05) is 46.6 Å². The van der Waals surface area contributed by atoms with Gasteiger partial charge < -0.3 is 14.8 Å². The molecule has 180 valence electrons. The van der Waals surface area contributed by atoms with E-state index in [9.17, 15) is 18.0 Å². The minimum absolute atomic E-state index is 0.100. The molecule has 4 rings (SSSR count). The molecular weight excluding hydrogens is 469 g/mol. The van der Waals surface area contributed by atoms with Gasteiger partial charge in [0.2, 0.25) is 5.82 Å². The maximum Gasteiger partial charge on any atom is 0.451 e. The number of amides is 1. The van der Waals surface area contributed by atoms with Gasteiger partial charge in [-0.05, 0) is 31.5 Å². The van der Waals surface area contributed by atoms with E-state index in [1.165, 1.54) is 11.3 Å². The lowest BCUT2D eigenvalue weighted by Gasteiger charge is -2.19. The summed E-state index contributed by atoms with van der Waals surface area (Å²) in [5.74, 6) is -1.09. The number of benzene rings is 1. The molecule has 1 aliphatic rings. The van der Waals surface area contributed by atoms with Crippen LogP contribution >= 0.6 is 11.3 Å². The molecule has 0 bridgehead atoms. The van der Waals surface area contributed by atoms with E-state index in [-0.39, 0.29) is 6.10 Å². The highest BCUT2D eigenvalue weighted by Gasteiger charge is 2.34. The van der Waals surface area contributed by atoms with Crippen LogP contribution < -0.4 is 10.1 Å². The maximum atomic E-state index is 13.2. The zero-order valence-corrected chi connectivity index (χ0v) is 19.4. The Labute approximate surface area is 198 Å². The molecule has 3 heterocycles. The number of aryl methyl sites for hydroxylation is 1. The van der Waals surface area contributed by atoms with Crippen LogP contribution in [0.25, 0.3) is 10.6 Å². The molecule has 34 heavy (non-hydrogen) atoms. The van der Waals surface area contributed by atoms with Crippen molar-refractivity contribution in [3.8, 4) is 16.3 Å². The molecule has 0 aliphatic carbocycles. The first-order valence-corrected chi connectivity index (χ1v) is 11.6. The average molecular weight is 493 g/mol. The number of hydrogen-bond acceptors (Lipinski definition) is 7. The van der Waals surface area contributed by atoms with E-state index in [1.807, 2.05) is 19.9 Å². The van der Waals surface area contributed by atoms with Crippen LogP contribution in [0.3, 0.4) is 0 Å². The van der Waals surface area contributed by atoms with Crippen LogP contribution in [0, 0.1) is 6.92 Å². The lowest BCUT2D eigenvalue weighted by atomic mass is 10.1. The largest absolute Gasteiger partial charge is 0.488 e. The Morgan fingerprint density at radius 3 is 2.59 bits per heavy atom. The Morgan fingerprint density at radius 2 is 2.00 bits per heavy atom. The molecular formula is C23H23F3N4O3S. The molecule has 2 atom stereocenters. The van der Waals surface area contributed by atoms with E-state index >= 15 is 0 Å². The van der Waals surface area contributed by atoms with Gasteiger partial charge >= 0.3 is 6.18 Å². The molecule has 1 aliphatic heterocycles. The summed E-state index contributed by atoms with van der Waals surface area (Å²) in [4.78, 5) is 25.4. The van der Waals surface area contributed by atoms with Gasteiger partial charge in [0.15, 0.2) is 0 Å². The van der Waals surface area contributed by atoms with E-state index < -0.39 is 23.9 Å². The van der Waals surface area contributed by atoms with Gasteiger partial charge in [0.25, 0.3) is 5.91 Å². The predicted octanol–water partition coefficient (Wildman–Crippen LogP) is 4.98. The third-order valence-electron chi connectivity index (χ3n) is 5.27. The second-order valence-electron chi connectivity index (χ2n) is 7.90. The quantitative estimate of drug-likeness (QED) is 0.501. The zero-order valence-electron chi connectivity index (χ0n) is 18.6. The second-order valence-corrected chi connectivity index (χ2v) is 9.13. The average Bonchev–Trinajstić information content (AvgIpc) is 3.48. The van der Waals surface area contributed by atoms with Gasteiger partial charge in [-0.3, -0.25) is 4.79 Å². The molecule has 1 unspecified atom stereocenters. The third-order valence-corrected chi connectivity index (χ3v) is 6.23. The summed E-state index contributed by atoms with van der Waals surface area (Å²) in [6.07, 6.45) is 0.412. The first kappa shape index (κ1) is 24.1. The van der Waals surface area contributed by atoms with Crippen molar-refractivity contribution in [3.63, 3.8) is 0 Å². The lowest BCUT2D eigenvalue weighted by Crippen LogP contribution is -2.28. The molecule has 0 saturated carbocycles. The minimum Gasteiger partial charge on any atom is -0.488 e. The Bertz CT molecular complexity index is 1150. The number of nitrogens with zero attached hydrogens (tertiary/aromatic N) is 3. The molecule has 1 amide bonds. The molecule has 3 aromatic rings. The van der Waals surface area contributed by atoms with Gasteiger partial charge in [-0.15, -0.1) is 11.3 Å². The predicted molar refractivity (Wildman–Crippen MR) is 120 cm³/mol. The molecule has 1 N–H and O–H groups in total. The topological polar surface area (TPSA) is 86.2 Å². The SMILES string of the molecule is CCC(NC(=O)c1cc(O[C@@H]2CCOC2)cc(-c2ncc(C)s2)c1)c1cnc(C(F)(F)F)nc1. The molecule has 0 spiro atoms. The number of carbonyl (C=O) groups is 1. The fourth-order valence-electron chi connectivity index (χ4n) is 3.54. The van der Waals surface area contributed by atoms with Gasteiger partial charge in [0.1, 0.15) is 16.9 Å². The number of ether oxygens (including phenoxy) is 2. The van der Waals surface area contributed by atoms with Crippen LogP contribution in [-0.4, -0.2) is 40.2 Å². The second kappa shape index (κ2) is 10.1. The highest BCUT2D eigenvalue weighted by atomic mass is 32.1. The summed E-state index contributed by atoms with van der Waals surface area (Å²) < 4.78 is 49.7. The smallest absolute Gasteiger partial charge is 0.451 e. The molecule has 1 fully saturated rings. The van der Waals surface area contributed by atoms with E-state index in [0.717, 1.165) is 34.3 Å². The van der Waals surface area contributed by atoms with Gasteiger partial charge in [-0.25, -0.2) is 15.0 Å². The van der Waals surface area contributed by atoms with Crippen molar-refractivity contribution in [1.82, 2.24) is 20.3 Å². The van der Waals surface area contributed by atoms with Crippen molar-refractivity contribution in [2.45, 2.75) is 45.0 Å². The number of aromatic nitrogens is 3. The van der Waals surface area contributed by atoms with Crippen molar-refractivity contribution in [3.05, 3.63) is 58.6 Å². The first-order chi connectivity index (χ1) is 16.2. The highest BCUT2D eigenvalue weighted by Crippen LogP contribution is 2.31. The summed E-state index contributed by atoms with van der Waals surface area (Å²) in [6.45, 7) is 4.86. The maximum absolute atomic E-state index is 13.2. The molecule has 2 aromatic heterocycles. The van der Waals surface area contributed by atoms with E-state index in [2.05, 4.69) is 20.3 Å². The monoisotopic (exact) mass is 492 g/mol. The number of thiazole rings is 1. The van der Waals surface area contributed by atoms with E-state index in [1.54, 1.807) is 18.3 Å². The third kappa shape index (κ3) is 5.71. The first-order valence-electron chi connectivity index (χ1n) is 10.7. The Balaban J connectivity index is 1.59. The minimum atomic E-state index is -4.63. The number of hydrogen-bond donors (Lipinski definition) is 1. The van der Waals surface area contributed by atoms with Crippen molar-refractivity contribution in [2.75, 3.05) is 13.2 Å². The van der Waals surface area contributed by atoms with Gasteiger partial charge in [-0.2, -0.15) is 13.2 Å². The van der Waals surface area contributed by atoms with Gasteiger partial charge in [0.05, 0.1) is 19.3 Å². The van der Waals surface area contributed by atoms with Gasteiger partial charge in [-0.1, -0.05) is 6.92 Å². The number of rotatable bonds is 7. The Hall–Kier alpha value is -3.05. The highest BCUT2D eigenvalue weighted by molar-refractivity contribution is 7.14. The summed E-state index contributed by atoms with van der Waals surface area (Å²) >= 11 is 1.50. The molecule has 11 heteroatoms. The van der Waals surface area contributed by atoms with Crippen LogP contribution in [0.4, 0.5) is 13.2 Å². The summed E-state index contributed by atoms with van der Waals surface area (Å²) in [7, 11) is 0. The van der Waals surface area contributed by atoms with Crippen molar-refractivity contribution >= 4 is 17.2 Å². The molecule has 7 nitrogen and oxygen atoms in total. The number of nitrogens with one attached hydrogen (secondary N) is 1. The van der Waals surface area contributed by atoms with Crippen LogP contribution in [-0.2, 0) is 10.9 Å². The van der Waals surface area contributed by atoms with Crippen LogP contribution in [0.1, 0.15) is 52.4 Å². The Morgan fingerprint density at radius 1 is 1.24 bits per heavy atom. The summed E-state index contributed by atoms with van der Waals surface area (Å²) in [6, 6.07) is 4.65. The fraction of sp³-hybridized carbons (Fsp3) is 0.391. The van der Waals surface area contributed by atoms with Crippen molar-refractivity contribution in [1.29, 1.82) is 0 Å². The number of alkyl halides is 3. The standard InChI is InChI=1S/C23H23F3N4O3S/c1-3-19(16-10-28-22(29-11-16)23(24,25)26)30-20(31)14-6-15(21-27-9-13(2)34-21)8-18(7-14)33-17-4-5-32-12-17/h6-11,17,19H,3-5,12H2,1-2H3,(H,30,31)/t17-,19?/m1/s1. The van der Waals surface area contributed by atoms with Crippen molar-refractivity contribution in [2.24, 2.45) is 0 Å². The van der Waals surface area contributed by atoms with E-state index in [4.69, 9.17) is 9.47 Å². The van der Waals surface area contributed by atoms with Crippen molar-refractivity contribution < 1.29 is 27.4 Å². The zero-order chi connectivity index (χ0) is 24.3. The molecule has 1 aromatic carbocycles. The Kier molecular flexibility index (Phi) is 7.13. The number of carbonyl (C=O) groups excluding carboxylic acids is 1. The lowest BCUT2D eigenvalue weighted by molar-refractivity contribution is -0.145. The molecule has 0 radical (unpaired) electrons. The summed E-state index contributed by atoms with van der Waals surface area (Å²) in [5, 5.41) is 3.62. The van der Waals surface area contributed by atoms with Crippen LogP contribution in [0.5, 0.6) is 5.75 Å². The summed E-state index contributed by atoms with van der Waals surface area (Å²) in [5.41, 5.74) is 1.48. The number of halogens is 3. The van der Waals surface area contributed by atoms with Crippen LogP contribution in [0.15, 0.2) is 36.8 Å².